The Morgan fingerprint density at radius 1 is 1.11 bits per heavy atom. The maximum Gasteiger partial charge on any atom is 0.225 e. The molecule has 0 radical (unpaired) electrons. The summed E-state index contributed by atoms with van der Waals surface area (Å²) < 4.78 is 5.13. The van der Waals surface area contributed by atoms with Crippen LogP contribution in [-0.2, 0) is 22.6 Å². The van der Waals surface area contributed by atoms with E-state index < -0.39 is 0 Å². The molecule has 1 atom stereocenters. The lowest BCUT2D eigenvalue weighted by molar-refractivity contribution is -0.129. The van der Waals surface area contributed by atoms with Gasteiger partial charge in [0.1, 0.15) is 5.75 Å². The standard InChI is InChI=1S/C22H26N2O3/c1-27-20-11-9-18(10-12-20)15-23-22(26)19-14-21(25)24(16-19)13-5-8-17-6-3-2-4-7-17/h2-4,6-7,9-12,19H,5,8,13-16H2,1H3,(H,23,26). The molecule has 5 nitrogen and oxygen atoms in total. The molecule has 0 aliphatic carbocycles. The Labute approximate surface area is 160 Å². The van der Waals surface area contributed by atoms with E-state index in [9.17, 15) is 9.59 Å². The van der Waals surface area contributed by atoms with Crippen molar-refractivity contribution in [3.8, 4) is 5.75 Å². The van der Waals surface area contributed by atoms with Gasteiger partial charge in [-0.25, -0.2) is 0 Å². The molecule has 1 aliphatic heterocycles. The Morgan fingerprint density at radius 2 is 1.85 bits per heavy atom. The summed E-state index contributed by atoms with van der Waals surface area (Å²) in [5.74, 6) is 0.558. The summed E-state index contributed by atoms with van der Waals surface area (Å²) in [5.41, 5.74) is 2.28. The van der Waals surface area contributed by atoms with E-state index in [4.69, 9.17) is 4.74 Å². The molecule has 3 rings (SSSR count). The fourth-order valence-electron chi connectivity index (χ4n) is 3.36. The molecule has 2 aromatic rings. The number of methoxy groups -OCH3 is 1. The molecule has 142 valence electrons. The predicted molar refractivity (Wildman–Crippen MR) is 104 cm³/mol. The zero-order valence-corrected chi connectivity index (χ0v) is 15.7. The number of nitrogens with zero attached hydrogens (tertiary/aromatic N) is 1. The number of ether oxygens (including phenoxy) is 1. The average Bonchev–Trinajstić information content (AvgIpc) is 3.08. The summed E-state index contributed by atoms with van der Waals surface area (Å²) in [5, 5.41) is 2.94. The van der Waals surface area contributed by atoms with Crippen LogP contribution < -0.4 is 10.1 Å². The first-order valence-corrected chi connectivity index (χ1v) is 9.38. The second kappa shape index (κ2) is 9.21. The van der Waals surface area contributed by atoms with E-state index in [1.54, 1.807) is 7.11 Å². The van der Waals surface area contributed by atoms with Crippen LogP contribution in [-0.4, -0.2) is 36.9 Å². The van der Waals surface area contributed by atoms with Crippen LogP contribution in [0.5, 0.6) is 5.75 Å². The van der Waals surface area contributed by atoms with Gasteiger partial charge in [-0.3, -0.25) is 9.59 Å². The number of carbonyl (C=O) groups is 2. The Morgan fingerprint density at radius 3 is 2.56 bits per heavy atom. The minimum absolute atomic E-state index is 0.0512. The van der Waals surface area contributed by atoms with Crippen LogP contribution in [0.4, 0.5) is 0 Å². The largest absolute Gasteiger partial charge is 0.497 e. The van der Waals surface area contributed by atoms with Crippen LogP contribution in [0.25, 0.3) is 0 Å². The van der Waals surface area contributed by atoms with Crippen LogP contribution in [0, 0.1) is 5.92 Å². The molecule has 1 unspecified atom stereocenters. The number of hydrogen-bond donors (Lipinski definition) is 1. The van der Waals surface area contributed by atoms with E-state index in [1.807, 2.05) is 47.4 Å². The average molecular weight is 366 g/mol. The smallest absolute Gasteiger partial charge is 0.225 e. The van der Waals surface area contributed by atoms with E-state index in [1.165, 1.54) is 5.56 Å². The SMILES string of the molecule is COc1ccc(CNC(=O)C2CC(=O)N(CCCc3ccccc3)C2)cc1. The summed E-state index contributed by atoms with van der Waals surface area (Å²) in [6.45, 7) is 1.68. The molecular formula is C22H26N2O3. The number of likely N-dealkylation sites (tertiary alicyclic amines) is 1. The Kier molecular flexibility index (Phi) is 6.47. The van der Waals surface area contributed by atoms with E-state index in [-0.39, 0.29) is 17.7 Å². The number of aryl methyl sites for hydroxylation is 1. The molecule has 1 saturated heterocycles. The number of nitrogens with one attached hydrogen (secondary N) is 1. The number of carbonyl (C=O) groups excluding carboxylic acids is 2. The molecule has 0 spiro atoms. The quantitative estimate of drug-likeness (QED) is 0.782. The molecule has 1 fully saturated rings. The minimum atomic E-state index is -0.257. The number of amides is 2. The van der Waals surface area contributed by atoms with E-state index >= 15 is 0 Å². The Hall–Kier alpha value is -2.82. The van der Waals surface area contributed by atoms with Crippen molar-refractivity contribution in [1.29, 1.82) is 0 Å². The summed E-state index contributed by atoms with van der Waals surface area (Å²) in [4.78, 5) is 26.4. The number of benzene rings is 2. The lowest BCUT2D eigenvalue weighted by atomic mass is 10.1. The number of rotatable bonds is 8. The van der Waals surface area contributed by atoms with E-state index in [0.29, 0.717) is 26.1 Å². The molecular weight excluding hydrogens is 340 g/mol. The molecule has 1 aliphatic rings. The highest BCUT2D eigenvalue weighted by Crippen LogP contribution is 2.19. The van der Waals surface area contributed by atoms with Crippen molar-refractivity contribution in [1.82, 2.24) is 10.2 Å². The van der Waals surface area contributed by atoms with Crippen molar-refractivity contribution in [2.75, 3.05) is 20.2 Å². The van der Waals surface area contributed by atoms with Gasteiger partial charge in [-0.15, -0.1) is 0 Å². The van der Waals surface area contributed by atoms with Crippen LogP contribution in [0.3, 0.4) is 0 Å². The first-order chi connectivity index (χ1) is 13.2. The molecule has 1 heterocycles. The highest BCUT2D eigenvalue weighted by molar-refractivity contribution is 5.89. The number of hydrogen-bond acceptors (Lipinski definition) is 3. The zero-order valence-electron chi connectivity index (χ0n) is 15.7. The zero-order chi connectivity index (χ0) is 19.1. The van der Waals surface area contributed by atoms with Crippen molar-refractivity contribution in [2.24, 2.45) is 5.92 Å². The summed E-state index contributed by atoms with van der Waals surface area (Å²) in [6, 6.07) is 17.8. The third-order valence-electron chi connectivity index (χ3n) is 4.95. The van der Waals surface area contributed by atoms with Gasteiger partial charge in [0.15, 0.2) is 0 Å². The minimum Gasteiger partial charge on any atom is -0.497 e. The summed E-state index contributed by atoms with van der Waals surface area (Å²) in [7, 11) is 1.62. The Bertz CT molecular complexity index is 759. The van der Waals surface area contributed by atoms with E-state index in [2.05, 4.69) is 17.4 Å². The highest BCUT2D eigenvalue weighted by Gasteiger charge is 2.33. The fourth-order valence-corrected chi connectivity index (χ4v) is 3.36. The summed E-state index contributed by atoms with van der Waals surface area (Å²) >= 11 is 0. The molecule has 2 aromatic carbocycles. The highest BCUT2D eigenvalue weighted by atomic mass is 16.5. The van der Waals surface area contributed by atoms with Crippen molar-refractivity contribution in [3.63, 3.8) is 0 Å². The van der Waals surface area contributed by atoms with Crippen molar-refractivity contribution < 1.29 is 14.3 Å². The predicted octanol–water partition coefficient (Wildman–Crippen LogP) is 2.79. The second-order valence-electron chi connectivity index (χ2n) is 6.90. The first kappa shape index (κ1) is 19.0. The van der Waals surface area contributed by atoms with Gasteiger partial charge in [0.05, 0.1) is 13.0 Å². The molecule has 2 amide bonds. The van der Waals surface area contributed by atoms with Crippen molar-refractivity contribution in [3.05, 3.63) is 65.7 Å². The van der Waals surface area contributed by atoms with Gasteiger partial charge < -0.3 is 15.0 Å². The third-order valence-corrected chi connectivity index (χ3v) is 4.95. The molecule has 5 heteroatoms. The van der Waals surface area contributed by atoms with Crippen LogP contribution in [0.15, 0.2) is 54.6 Å². The van der Waals surface area contributed by atoms with E-state index in [0.717, 1.165) is 24.2 Å². The fraction of sp³-hybridized carbons (Fsp3) is 0.364. The molecule has 0 bridgehead atoms. The normalized spacial score (nSPS) is 16.4. The van der Waals surface area contributed by atoms with Gasteiger partial charge in [-0.2, -0.15) is 0 Å². The monoisotopic (exact) mass is 366 g/mol. The maximum atomic E-state index is 12.4. The van der Waals surface area contributed by atoms with Gasteiger partial charge in [-0.1, -0.05) is 42.5 Å². The van der Waals surface area contributed by atoms with Crippen molar-refractivity contribution in [2.45, 2.75) is 25.8 Å². The van der Waals surface area contributed by atoms with Crippen LogP contribution in [0.2, 0.25) is 0 Å². The van der Waals surface area contributed by atoms with Gasteiger partial charge in [0.25, 0.3) is 0 Å². The van der Waals surface area contributed by atoms with Gasteiger partial charge >= 0.3 is 0 Å². The molecule has 0 saturated carbocycles. The first-order valence-electron chi connectivity index (χ1n) is 9.38. The topological polar surface area (TPSA) is 58.6 Å². The van der Waals surface area contributed by atoms with Gasteiger partial charge in [-0.05, 0) is 36.1 Å². The van der Waals surface area contributed by atoms with Crippen molar-refractivity contribution >= 4 is 11.8 Å². The van der Waals surface area contributed by atoms with Crippen LogP contribution >= 0.6 is 0 Å². The lowest BCUT2D eigenvalue weighted by Gasteiger charge is -2.16. The van der Waals surface area contributed by atoms with Gasteiger partial charge in [0.2, 0.25) is 11.8 Å². The molecule has 1 N–H and O–H groups in total. The third kappa shape index (κ3) is 5.33. The Balaban J connectivity index is 1.42. The second-order valence-corrected chi connectivity index (χ2v) is 6.90. The molecule has 27 heavy (non-hydrogen) atoms. The van der Waals surface area contributed by atoms with Gasteiger partial charge in [0, 0.05) is 26.1 Å². The maximum absolute atomic E-state index is 12.4. The summed E-state index contributed by atoms with van der Waals surface area (Å²) in [6.07, 6.45) is 2.16. The lowest BCUT2D eigenvalue weighted by Crippen LogP contribution is -2.33. The van der Waals surface area contributed by atoms with Crippen LogP contribution in [0.1, 0.15) is 24.0 Å². The molecule has 0 aromatic heterocycles.